The molecule has 3 nitrogen and oxygen atoms in total. The molecule has 0 spiro atoms. The van der Waals surface area contributed by atoms with Crippen LogP contribution in [0, 0.1) is 17.1 Å². The third kappa shape index (κ3) is 2.77. The highest BCUT2D eigenvalue weighted by atomic mass is 19.1. The van der Waals surface area contributed by atoms with Gasteiger partial charge in [0.25, 0.3) is 0 Å². The third-order valence-corrected chi connectivity index (χ3v) is 4.17. The van der Waals surface area contributed by atoms with E-state index in [1.54, 1.807) is 24.3 Å². The molecule has 0 saturated carbocycles. The predicted octanol–water partition coefficient (Wildman–Crippen LogP) is 4.76. The van der Waals surface area contributed by atoms with Gasteiger partial charge in [0.05, 0.1) is 28.2 Å². The molecular formula is C21H14FN3. The van der Waals surface area contributed by atoms with Gasteiger partial charge in [-0.25, -0.2) is 9.37 Å². The number of hydrogen-bond acceptors (Lipinski definition) is 2. The monoisotopic (exact) mass is 327 g/mol. The minimum absolute atomic E-state index is 0.301. The zero-order valence-electron chi connectivity index (χ0n) is 13.4. The third-order valence-electron chi connectivity index (χ3n) is 4.17. The van der Waals surface area contributed by atoms with Crippen molar-refractivity contribution in [3.05, 3.63) is 89.7 Å². The quantitative estimate of drug-likeness (QED) is 0.544. The van der Waals surface area contributed by atoms with E-state index in [-0.39, 0.29) is 5.82 Å². The smallest absolute Gasteiger partial charge is 0.144 e. The van der Waals surface area contributed by atoms with Crippen molar-refractivity contribution in [3.63, 3.8) is 0 Å². The van der Waals surface area contributed by atoms with E-state index >= 15 is 0 Å². The fourth-order valence-corrected chi connectivity index (χ4v) is 3.01. The maximum Gasteiger partial charge on any atom is 0.144 e. The predicted molar refractivity (Wildman–Crippen MR) is 95.4 cm³/mol. The van der Waals surface area contributed by atoms with Crippen LogP contribution in [0.15, 0.2) is 72.8 Å². The Morgan fingerprint density at radius 3 is 2.60 bits per heavy atom. The lowest BCUT2D eigenvalue weighted by atomic mass is 10.1. The van der Waals surface area contributed by atoms with Gasteiger partial charge >= 0.3 is 0 Å². The highest BCUT2D eigenvalue weighted by Crippen LogP contribution is 2.27. The first-order valence-corrected chi connectivity index (χ1v) is 7.95. The van der Waals surface area contributed by atoms with Crippen molar-refractivity contribution in [2.45, 2.75) is 6.54 Å². The van der Waals surface area contributed by atoms with Crippen LogP contribution in [0.5, 0.6) is 0 Å². The number of nitrogens with zero attached hydrogens (tertiary/aromatic N) is 3. The van der Waals surface area contributed by atoms with Crippen molar-refractivity contribution in [2.75, 3.05) is 0 Å². The van der Waals surface area contributed by atoms with Crippen LogP contribution in [-0.2, 0) is 6.54 Å². The first kappa shape index (κ1) is 15.1. The Morgan fingerprint density at radius 1 is 0.960 bits per heavy atom. The highest BCUT2D eigenvalue weighted by molar-refractivity contribution is 5.80. The molecule has 4 rings (SSSR count). The van der Waals surface area contributed by atoms with Crippen molar-refractivity contribution in [2.24, 2.45) is 0 Å². The number of benzene rings is 3. The molecule has 0 atom stereocenters. The molecule has 4 heteroatoms. The minimum Gasteiger partial charge on any atom is -0.319 e. The number of imidazole rings is 1. The van der Waals surface area contributed by atoms with Crippen molar-refractivity contribution in [3.8, 4) is 17.5 Å². The summed E-state index contributed by atoms with van der Waals surface area (Å²) in [4.78, 5) is 4.64. The van der Waals surface area contributed by atoms with Crippen LogP contribution in [0.25, 0.3) is 22.4 Å². The molecule has 0 unspecified atom stereocenters. The molecule has 1 heterocycles. The summed E-state index contributed by atoms with van der Waals surface area (Å²) in [6.45, 7) is 0.514. The molecule has 0 radical (unpaired) electrons. The van der Waals surface area contributed by atoms with Crippen LogP contribution >= 0.6 is 0 Å². The Balaban J connectivity index is 1.91. The van der Waals surface area contributed by atoms with Crippen LogP contribution < -0.4 is 0 Å². The van der Waals surface area contributed by atoms with Gasteiger partial charge in [0.15, 0.2) is 0 Å². The molecule has 4 aromatic rings. The normalized spacial score (nSPS) is 10.7. The van der Waals surface area contributed by atoms with Gasteiger partial charge in [-0.15, -0.1) is 0 Å². The molecule has 120 valence electrons. The Hall–Kier alpha value is -3.45. The second-order valence-electron chi connectivity index (χ2n) is 5.80. The van der Waals surface area contributed by atoms with E-state index in [4.69, 9.17) is 5.26 Å². The van der Waals surface area contributed by atoms with Crippen molar-refractivity contribution < 1.29 is 4.39 Å². The van der Waals surface area contributed by atoms with Gasteiger partial charge in [-0.3, -0.25) is 0 Å². The van der Waals surface area contributed by atoms with E-state index in [9.17, 15) is 4.39 Å². The Labute approximate surface area is 144 Å². The van der Waals surface area contributed by atoms with Gasteiger partial charge in [-0.05, 0) is 42.0 Å². The summed E-state index contributed by atoms with van der Waals surface area (Å²) >= 11 is 0. The molecule has 0 aliphatic rings. The lowest BCUT2D eigenvalue weighted by molar-refractivity contribution is 0.628. The Kier molecular flexibility index (Phi) is 3.75. The molecule has 0 fully saturated rings. The van der Waals surface area contributed by atoms with E-state index in [1.807, 2.05) is 47.0 Å². The summed E-state index contributed by atoms with van der Waals surface area (Å²) in [6.07, 6.45) is 0. The zero-order chi connectivity index (χ0) is 17.2. The van der Waals surface area contributed by atoms with Crippen LogP contribution in [0.4, 0.5) is 4.39 Å². The van der Waals surface area contributed by atoms with Gasteiger partial charge in [0, 0.05) is 6.54 Å². The standard InChI is InChI=1S/C21H14FN3/c22-18-9-2-1-8-17(18)21-24-19-10-3-4-11-20(19)25(21)14-16-7-5-6-15(12-16)13-23/h1-12H,14H2. The number of hydrogen-bond donors (Lipinski definition) is 0. The number of halogens is 1. The van der Waals surface area contributed by atoms with Crippen molar-refractivity contribution in [1.82, 2.24) is 9.55 Å². The second kappa shape index (κ2) is 6.21. The number of aromatic nitrogens is 2. The van der Waals surface area contributed by atoms with Crippen LogP contribution in [-0.4, -0.2) is 9.55 Å². The fourth-order valence-electron chi connectivity index (χ4n) is 3.01. The molecular weight excluding hydrogens is 313 g/mol. The largest absolute Gasteiger partial charge is 0.319 e. The molecule has 0 N–H and O–H groups in total. The molecule has 0 aliphatic carbocycles. The molecule has 0 saturated heterocycles. The first-order valence-electron chi connectivity index (χ1n) is 7.95. The van der Waals surface area contributed by atoms with Gasteiger partial charge in [-0.1, -0.05) is 36.4 Å². The van der Waals surface area contributed by atoms with E-state index in [0.717, 1.165) is 16.6 Å². The van der Waals surface area contributed by atoms with Gasteiger partial charge in [0.1, 0.15) is 11.6 Å². The number of nitriles is 1. The van der Waals surface area contributed by atoms with Crippen molar-refractivity contribution >= 4 is 11.0 Å². The number of para-hydroxylation sites is 2. The summed E-state index contributed by atoms with van der Waals surface area (Å²) in [7, 11) is 0. The Bertz CT molecular complexity index is 1110. The number of rotatable bonds is 3. The van der Waals surface area contributed by atoms with Crippen molar-refractivity contribution in [1.29, 1.82) is 5.26 Å². The molecule has 0 aliphatic heterocycles. The van der Waals surface area contributed by atoms with Gasteiger partial charge in [-0.2, -0.15) is 5.26 Å². The molecule has 1 aromatic heterocycles. The molecule has 0 amide bonds. The first-order chi connectivity index (χ1) is 12.3. The lowest BCUT2D eigenvalue weighted by Crippen LogP contribution is -2.03. The number of fused-ring (bicyclic) bond motifs is 1. The lowest BCUT2D eigenvalue weighted by Gasteiger charge is -2.10. The fraction of sp³-hybridized carbons (Fsp3) is 0.0476. The molecule has 3 aromatic carbocycles. The topological polar surface area (TPSA) is 41.6 Å². The van der Waals surface area contributed by atoms with E-state index < -0.39 is 0 Å². The minimum atomic E-state index is -0.301. The summed E-state index contributed by atoms with van der Waals surface area (Å²) in [5.41, 5.74) is 3.80. The molecule has 0 bridgehead atoms. The van der Waals surface area contributed by atoms with Gasteiger partial charge in [0.2, 0.25) is 0 Å². The van der Waals surface area contributed by atoms with Crippen LogP contribution in [0.3, 0.4) is 0 Å². The van der Waals surface area contributed by atoms with Gasteiger partial charge < -0.3 is 4.57 Å². The maximum atomic E-state index is 14.3. The second-order valence-corrected chi connectivity index (χ2v) is 5.80. The summed E-state index contributed by atoms with van der Waals surface area (Å²) < 4.78 is 16.3. The summed E-state index contributed by atoms with van der Waals surface area (Å²) in [5.74, 6) is 0.284. The van der Waals surface area contributed by atoms with Crippen LogP contribution in [0.1, 0.15) is 11.1 Å². The van der Waals surface area contributed by atoms with E-state index in [2.05, 4.69) is 11.1 Å². The van der Waals surface area contributed by atoms with E-state index in [1.165, 1.54) is 6.07 Å². The van der Waals surface area contributed by atoms with Crippen LogP contribution in [0.2, 0.25) is 0 Å². The van der Waals surface area contributed by atoms with E-state index in [0.29, 0.717) is 23.5 Å². The summed E-state index contributed by atoms with van der Waals surface area (Å²) in [5, 5.41) is 9.11. The Morgan fingerprint density at radius 2 is 1.76 bits per heavy atom. The maximum absolute atomic E-state index is 14.3. The average molecular weight is 327 g/mol. The zero-order valence-corrected chi connectivity index (χ0v) is 13.4. The highest BCUT2D eigenvalue weighted by Gasteiger charge is 2.15. The summed E-state index contributed by atoms with van der Waals surface area (Å²) in [6, 6.07) is 24.0. The SMILES string of the molecule is N#Cc1cccc(Cn2c(-c3ccccc3F)nc3ccccc32)c1. The molecule has 25 heavy (non-hydrogen) atoms. The average Bonchev–Trinajstić information content (AvgIpc) is 3.01.